The van der Waals surface area contributed by atoms with Crippen LogP contribution in [0.2, 0.25) is 0 Å². The number of carboxylic acids is 1. The summed E-state index contributed by atoms with van der Waals surface area (Å²) in [6.45, 7) is 6.36. The molecule has 0 bridgehead atoms. The zero-order valence-corrected chi connectivity index (χ0v) is 13.0. The monoisotopic (exact) mass is 299 g/mol. The first kappa shape index (κ1) is 14.8. The van der Waals surface area contributed by atoms with Crippen LogP contribution in [-0.4, -0.2) is 39.3 Å². The van der Waals surface area contributed by atoms with E-state index in [9.17, 15) is 4.79 Å². The number of benzene rings is 1. The van der Waals surface area contributed by atoms with Crippen molar-refractivity contribution in [3.63, 3.8) is 0 Å². The lowest BCUT2D eigenvalue weighted by Crippen LogP contribution is -2.22. The number of likely N-dealkylation sites (tertiary alicyclic amines) is 1. The Hall–Kier alpha value is -2.14. The summed E-state index contributed by atoms with van der Waals surface area (Å²) in [6, 6.07) is 6.38. The molecule has 1 aromatic carbocycles. The van der Waals surface area contributed by atoms with Gasteiger partial charge in [0.05, 0.1) is 17.8 Å². The highest BCUT2D eigenvalue weighted by Crippen LogP contribution is 2.28. The van der Waals surface area contributed by atoms with Crippen LogP contribution in [0.4, 0.5) is 0 Å². The average Bonchev–Trinajstić information content (AvgIpc) is 3.11. The highest BCUT2D eigenvalue weighted by molar-refractivity contribution is 5.70. The second-order valence-electron chi connectivity index (χ2n) is 6.15. The van der Waals surface area contributed by atoms with E-state index in [1.54, 1.807) is 0 Å². The maximum absolute atomic E-state index is 11.1. The molecule has 1 fully saturated rings. The number of nitrogens with one attached hydrogen (secondary N) is 1. The average molecular weight is 299 g/mol. The second kappa shape index (κ2) is 5.93. The van der Waals surface area contributed by atoms with Gasteiger partial charge in [-0.1, -0.05) is 17.7 Å². The van der Waals surface area contributed by atoms with Crippen molar-refractivity contribution in [1.82, 2.24) is 15.1 Å². The van der Waals surface area contributed by atoms with Crippen molar-refractivity contribution in [2.75, 3.05) is 13.1 Å². The maximum atomic E-state index is 11.1. The van der Waals surface area contributed by atoms with Crippen LogP contribution in [0.25, 0.3) is 11.3 Å². The lowest BCUT2D eigenvalue weighted by atomic mass is 10.0. The van der Waals surface area contributed by atoms with Crippen molar-refractivity contribution in [3.05, 3.63) is 41.1 Å². The maximum Gasteiger partial charge on any atom is 0.307 e. The van der Waals surface area contributed by atoms with Gasteiger partial charge >= 0.3 is 5.97 Å². The van der Waals surface area contributed by atoms with Gasteiger partial charge in [0.1, 0.15) is 0 Å². The molecule has 0 spiro atoms. The number of H-pyrrole nitrogens is 1. The molecular formula is C17H21N3O2. The summed E-state index contributed by atoms with van der Waals surface area (Å²) in [4.78, 5) is 13.3. The van der Waals surface area contributed by atoms with Gasteiger partial charge in [-0.15, -0.1) is 0 Å². The molecule has 1 aliphatic heterocycles. The van der Waals surface area contributed by atoms with E-state index in [2.05, 4.69) is 47.1 Å². The number of carbonyl (C=O) groups is 1. The van der Waals surface area contributed by atoms with Crippen LogP contribution in [0.1, 0.15) is 23.1 Å². The van der Waals surface area contributed by atoms with Crippen LogP contribution in [-0.2, 0) is 11.3 Å². The Balaban J connectivity index is 1.81. The van der Waals surface area contributed by atoms with Crippen LogP contribution >= 0.6 is 0 Å². The highest BCUT2D eigenvalue weighted by Gasteiger charge is 2.28. The fraction of sp³-hybridized carbons (Fsp3) is 0.412. The minimum absolute atomic E-state index is 0.240. The first-order valence-corrected chi connectivity index (χ1v) is 7.59. The third-order valence-corrected chi connectivity index (χ3v) is 4.40. The fourth-order valence-corrected chi connectivity index (χ4v) is 3.09. The number of aromatic amines is 1. The molecule has 1 aliphatic rings. The van der Waals surface area contributed by atoms with Gasteiger partial charge in [0.25, 0.3) is 0 Å². The summed E-state index contributed by atoms with van der Waals surface area (Å²) in [5, 5.41) is 16.4. The van der Waals surface area contributed by atoms with Gasteiger partial charge in [0.15, 0.2) is 0 Å². The topological polar surface area (TPSA) is 69.2 Å². The Morgan fingerprint density at radius 1 is 1.45 bits per heavy atom. The molecule has 1 aromatic heterocycles. The predicted octanol–water partition coefficient (Wildman–Crippen LogP) is 2.60. The highest BCUT2D eigenvalue weighted by atomic mass is 16.4. The van der Waals surface area contributed by atoms with Gasteiger partial charge < -0.3 is 5.11 Å². The Kier molecular flexibility index (Phi) is 3.98. The normalized spacial score (nSPS) is 18.7. The molecule has 5 nitrogen and oxygen atoms in total. The molecule has 116 valence electrons. The Morgan fingerprint density at radius 2 is 2.27 bits per heavy atom. The summed E-state index contributed by atoms with van der Waals surface area (Å²) >= 11 is 0. The molecule has 3 rings (SSSR count). The zero-order chi connectivity index (χ0) is 15.7. The Bertz CT molecular complexity index is 693. The van der Waals surface area contributed by atoms with E-state index in [1.165, 1.54) is 16.7 Å². The van der Waals surface area contributed by atoms with Gasteiger partial charge in [-0.3, -0.25) is 14.8 Å². The molecule has 1 saturated heterocycles. The SMILES string of the molecule is Cc1ccc(C)c(-c2[nH]ncc2CN2CCC(C(=O)O)C2)c1. The van der Waals surface area contributed by atoms with Crippen molar-refractivity contribution in [1.29, 1.82) is 0 Å². The molecule has 22 heavy (non-hydrogen) atoms. The number of aromatic nitrogens is 2. The standard InChI is InChI=1S/C17H21N3O2/c1-11-3-4-12(2)15(7-11)16-14(8-18-19-16)10-20-6-5-13(9-20)17(21)22/h3-4,7-8,13H,5-6,9-10H2,1-2H3,(H,18,19)(H,21,22). The molecule has 2 aromatic rings. The fourth-order valence-electron chi connectivity index (χ4n) is 3.09. The molecule has 5 heteroatoms. The third-order valence-electron chi connectivity index (χ3n) is 4.40. The molecule has 2 heterocycles. The van der Waals surface area contributed by atoms with Crippen LogP contribution in [0.5, 0.6) is 0 Å². The van der Waals surface area contributed by atoms with E-state index in [4.69, 9.17) is 5.11 Å². The van der Waals surface area contributed by atoms with Crippen LogP contribution in [0, 0.1) is 19.8 Å². The second-order valence-corrected chi connectivity index (χ2v) is 6.15. The Morgan fingerprint density at radius 3 is 3.00 bits per heavy atom. The lowest BCUT2D eigenvalue weighted by Gasteiger charge is -2.16. The molecule has 0 radical (unpaired) electrons. The molecule has 1 unspecified atom stereocenters. The number of nitrogens with zero attached hydrogens (tertiary/aromatic N) is 2. The van der Waals surface area contributed by atoms with Gasteiger partial charge in [0, 0.05) is 24.2 Å². The van der Waals surface area contributed by atoms with Gasteiger partial charge in [-0.2, -0.15) is 5.10 Å². The molecule has 0 aliphatic carbocycles. The van der Waals surface area contributed by atoms with Crippen LogP contribution in [0.15, 0.2) is 24.4 Å². The van der Waals surface area contributed by atoms with Gasteiger partial charge in [-0.25, -0.2) is 0 Å². The van der Waals surface area contributed by atoms with E-state index in [-0.39, 0.29) is 5.92 Å². The summed E-state index contributed by atoms with van der Waals surface area (Å²) in [5.74, 6) is -0.930. The van der Waals surface area contributed by atoms with E-state index in [0.29, 0.717) is 6.54 Å². The van der Waals surface area contributed by atoms with Crippen molar-refractivity contribution in [2.24, 2.45) is 5.92 Å². The number of hydrogen-bond acceptors (Lipinski definition) is 3. The van der Waals surface area contributed by atoms with Gasteiger partial charge in [0.2, 0.25) is 0 Å². The lowest BCUT2D eigenvalue weighted by molar-refractivity contribution is -0.141. The summed E-state index contributed by atoms with van der Waals surface area (Å²) in [7, 11) is 0. The number of carboxylic acid groups (broad SMARTS) is 1. The van der Waals surface area contributed by atoms with Crippen molar-refractivity contribution in [2.45, 2.75) is 26.8 Å². The number of hydrogen-bond donors (Lipinski definition) is 2. The summed E-state index contributed by atoms with van der Waals surface area (Å²) in [6.07, 6.45) is 2.58. The van der Waals surface area contributed by atoms with Gasteiger partial charge in [-0.05, 0) is 38.4 Å². The number of rotatable bonds is 4. The van der Waals surface area contributed by atoms with Crippen molar-refractivity contribution >= 4 is 5.97 Å². The minimum atomic E-state index is -0.690. The first-order chi connectivity index (χ1) is 10.5. The molecule has 2 N–H and O–H groups in total. The van der Waals surface area contributed by atoms with E-state index in [1.807, 2.05) is 6.20 Å². The molecule has 0 amide bonds. The minimum Gasteiger partial charge on any atom is -0.481 e. The quantitative estimate of drug-likeness (QED) is 0.910. The Labute approximate surface area is 130 Å². The predicted molar refractivity (Wildman–Crippen MR) is 84.5 cm³/mol. The third kappa shape index (κ3) is 2.90. The summed E-state index contributed by atoms with van der Waals surface area (Å²) < 4.78 is 0. The smallest absolute Gasteiger partial charge is 0.307 e. The number of aliphatic carboxylic acids is 1. The van der Waals surface area contributed by atoms with E-state index >= 15 is 0 Å². The molecule has 0 saturated carbocycles. The largest absolute Gasteiger partial charge is 0.481 e. The van der Waals surface area contributed by atoms with E-state index in [0.717, 1.165) is 30.8 Å². The van der Waals surface area contributed by atoms with Crippen LogP contribution < -0.4 is 0 Å². The summed E-state index contributed by atoms with van der Waals surface area (Å²) in [5.41, 5.74) is 5.76. The first-order valence-electron chi connectivity index (χ1n) is 7.59. The number of aryl methyl sites for hydroxylation is 2. The molecular weight excluding hydrogens is 278 g/mol. The zero-order valence-electron chi connectivity index (χ0n) is 13.0. The van der Waals surface area contributed by atoms with Crippen molar-refractivity contribution in [3.8, 4) is 11.3 Å². The van der Waals surface area contributed by atoms with E-state index < -0.39 is 5.97 Å². The molecule has 1 atom stereocenters. The van der Waals surface area contributed by atoms with Crippen molar-refractivity contribution < 1.29 is 9.90 Å². The van der Waals surface area contributed by atoms with Crippen LogP contribution in [0.3, 0.4) is 0 Å².